The summed E-state index contributed by atoms with van der Waals surface area (Å²) >= 11 is 0. The van der Waals surface area contributed by atoms with Crippen LogP contribution in [0.2, 0.25) is 0 Å². The number of carbonyl (C=O) groups excluding carboxylic acids is 1. The van der Waals surface area contributed by atoms with Crippen LogP contribution in [0.25, 0.3) is 0 Å². The number of hydrogen-bond acceptors (Lipinski definition) is 5. The van der Waals surface area contributed by atoms with Crippen molar-refractivity contribution in [3.8, 4) is 0 Å². The highest BCUT2D eigenvalue weighted by atomic mass is 19.4. The fourth-order valence-electron chi connectivity index (χ4n) is 6.03. The van der Waals surface area contributed by atoms with Crippen molar-refractivity contribution in [2.45, 2.75) is 44.8 Å². The Morgan fingerprint density at radius 1 is 0.854 bits per heavy atom. The zero-order chi connectivity index (χ0) is 28.8. The van der Waals surface area contributed by atoms with Gasteiger partial charge < -0.3 is 19.3 Å². The number of carbonyl (C=O) groups is 1. The summed E-state index contributed by atoms with van der Waals surface area (Å²) in [5, 5.41) is 0. The normalized spacial score (nSPS) is 19.9. The summed E-state index contributed by atoms with van der Waals surface area (Å²) in [6.07, 6.45) is -0.496. The van der Waals surface area contributed by atoms with Crippen LogP contribution in [0.15, 0.2) is 42.5 Å². The average Bonchev–Trinajstić information content (AvgIpc) is 2.97. The third kappa shape index (κ3) is 7.99. The monoisotopic (exact) mass is 577 g/mol. The van der Waals surface area contributed by atoms with Gasteiger partial charge in [-0.25, -0.2) is 4.39 Å². The van der Waals surface area contributed by atoms with Gasteiger partial charge in [-0.3, -0.25) is 9.69 Å². The molecule has 2 aromatic rings. The molecule has 5 rings (SSSR count). The molecule has 0 aromatic heterocycles. The van der Waals surface area contributed by atoms with Crippen molar-refractivity contribution >= 4 is 17.3 Å². The van der Waals surface area contributed by atoms with Crippen molar-refractivity contribution in [3.63, 3.8) is 0 Å². The van der Waals surface area contributed by atoms with Gasteiger partial charge in [0, 0.05) is 51.5 Å². The Morgan fingerprint density at radius 2 is 1.51 bits per heavy atom. The van der Waals surface area contributed by atoms with E-state index in [1.807, 2.05) is 11.0 Å². The lowest BCUT2D eigenvalue weighted by molar-refractivity contribution is -0.137. The van der Waals surface area contributed by atoms with Crippen molar-refractivity contribution in [3.05, 3.63) is 59.4 Å². The first-order chi connectivity index (χ1) is 19.8. The third-order valence-electron chi connectivity index (χ3n) is 8.54. The van der Waals surface area contributed by atoms with Crippen LogP contribution < -0.4 is 9.80 Å². The molecule has 6 nitrogen and oxygen atoms in total. The molecular formula is C31H39F4N3O3. The number of morpholine rings is 1. The van der Waals surface area contributed by atoms with Crippen LogP contribution in [0, 0.1) is 17.7 Å². The van der Waals surface area contributed by atoms with Gasteiger partial charge in [0.2, 0.25) is 5.91 Å². The second kappa shape index (κ2) is 13.5. The molecule has 3 heterocycles. The van der Waals surface area contributed by atoms with Gasteiger partial charge in [-0.2, -0.15) is 13.2 Å². The second-order valence-corrected chi connectivity index (χ2v) is 11.4. The Balaban J connectivity index is 1.23. The van der Waals surface area contributed by atoms with Gasteiger partial charge in [0.25, 0.3) is 0 Å². The van der Waals surface area contributed by atoms with E-state index in [0.717, 1.165) is 56.5 Å². The summed E-state index contributed by atoms with van der Waals surface area (Å²) in [4.78, 5) is 19.6. The number of amides is 1. The van der Waals surface area contributed by atoms with E-state index in [9.17, 15) is 18.0 Å². The minimum atomic E-state index is -4.34. The van der Waals surface area contributed by atoms with Crippen molar-refractivity contribution in [2.24, 2.45) is 11.8 Å². The molecule has 224 valence electrons. The first-order valence-electron chi connectivity index (χ1n) is 14.6. The summed E-state index contributed by atoms with van der Waals surface area (Å²) in [5.74, 6) is 0.198. The van der Waals surface area contributed by atoms with Crippen molar-refractivity contribution < 1.29 is 31.8 Å². The average molecular weight is 578 g/mol. The van der Waals surface area contributed by atoms with E-state index in [-0.39, 0.29) is 23.6 Å². The lowest BCUT2D eigenvalue weighted by Gasteiger charge is -2.36. The number of hydrogen-bond donors (Lipinski definition) is 0. The molecule has 3 saturated heterocycles. The maximum atomic E-state index is 15.3. The van der Waals surface area contributed by atoms with Crippen LogP contribution in [0.5, 0.6) is 0 Å². The molecule has 0 aliphatic carbocycles. The quantitative estimate of drug-likeness (QED) is 0.375. The Labute approximate surface area is 239 Å². The SMILES string of the molecule is O=C(CC1CCOCC1)N(CC1CCN(Cc2ccc(C(F)(F)F)cc2)CC1)c1ccc(N2CCOCC2)c(F)c1. The van der Waals surface area contributed by atoms with Crippen LogP contribution in [0.1, 0.15) is 43.2 Å². The molecule has 0 N–H and O–H groups in total. The Kier molecular flexibility index (Phi) is 9.83. The molecule has 0 saturated carbocycles. The van der Waals surface area contributed by atoms with Crippen LogP contribution in [-0.4, -0.2) is 70.0 Å². The molecular weight excluding hydrogens is 538 g/mol. The Hall–Kier alpha value is -2.69. The predicted octanol–water partition coefficient (Wildman–Crippen LogP) is 5.74. The van der Waals surface area contributed by atoms with Gasteiger partial charge >= 0.3 is 6.18 Å². The molecule has 41 heavy (non-hydrogen) atoms. The van der Waals surface area contributed by atoms with Gasteiger partial charge in [0.1, 0.15) is 5.82 Å². The number of anilines is 2. The maximum Gasteiger partial charge on any atom is 0.416 e. The van der Waals surface area contributed by atoms with Gasteiger partial charge in [0.15, 0.2) is 0 Å². The molecule has 0 radical (unpaired) electrons. The Morgan fingerprint density at radius 3 is 2.15 bits per heavy atom. The zero-order valence-corrected chi connectivity index (χ0v) is 23.4. The molecule has 0 atom stereocenters. The van der Waals surface area contributed by atoms with Crippen LogP contribution in [0.4, 0.5) is 28.9 Å². The number of benzene rings is 2. The summed E-state index contributed by atoms with van der Waals surface area (Å²) in [5.41, 5.74) is 1.33. The van der Waals surface area contributed by atoms with Crippen LogP contribution in [0.3, 0.4) is 0 Å². The lowest BCUT2D eigenvalue weighted by Crippen LogP contribution is -2.41. The van der Waals surface area contributed by atoms with E-state index in [2.05, 4.69) is 4.90 Å². The minimum absolute atomic E-state index is 0.0163. The molecule has 0 bridgehead atoms. The fraction of sp³-hybridized carbons (Fsp3) is 0.581. The first kappa shape index (κ1) is 29.8. The van der Waals surface area contributed by atoms with Crippen LogP contribution in [-0.2, 0) is 27.0 Å². The standard InChI is InChI=1S/C31H39F4N3O3/c32-28-20-27(5-6-29(28)37-13-17-41-18-14-37)38(30(39)19-23-9-15-40-16-10-23)22-25-7-11-36(12-8-25)21-24-1-3-26(4-2-24)31(33,34)35/h1-6,20,23,25H,7-19,21-22H2. The van der Waals surface area contributed by atoms with E-state index in [1.54, 1.807) is 23.1 Å². The summed E-state index contributed by atoms with van der Waals surface area (Å²) in [6, 6.07) is 10.5. The highest BCUT2D eigenvalue weighted by Gasteiger charge is 2.31. The van der Waals surface area contributed by atoms with Crippen molar-refractivity contribution in [1.29, 1.82) is 0 Å². The van der Waals surface area contributed by atoms with Gasteiger partial charge in [-0.05, 0) is 86.5 Å². The highest BCUT2D eigenvalue weighted by Crippen LogP contribution is 2.31. The largest absolute Gasteiger partial charge is 0.416 e. The second-order valence-electron chi connectivity index (χ2n) is 11.4. The maximum absolute atomic E-state index is 15.3. The molecule has 1 amide bonds. The molecule has 0 unspecified atom stereocenters. The zero-order valence-electron chi connectivity index (χ0n) is 23.4. The number of rotatable bonds is 8. The van der Waals surface area contributed by atoms with E-state index in [0.29, 0.717) is 70.4 Å². The highest BCUT2D eigenvalue weighted by molar-refractivity contribution is 5.93. The van der Waals surface area contributed by atoms with E-state index in [1.165, 1.54) is 6.07 Å². The summed E-state index contributed by atoms with van der Waals surface area (Å²) < 4.78 is 64.9. The molecule has 3 fully saturated rings. The number of nitrogens with zero attached hydrogens (tertiary/aromatic N) is 3. The van der Waals surface area contributed by atoms with Crippen molar-refractivity contribution in [1.82, 2.24) is 4.90 Å². The van der Waals surface area contributed by atoms with Crippen LogP contribution >= 0.6 is 0 Å². The summed E-state index contributed by atoms with van der Waals surface area (Å²) in [6.45, 7) is 6.41. The van der Waals surface area contributed by atoms with E-state index >= 15 is 4.39 Å². The van der Waals surface area contributed by atoms with Gasteiger partial charge in [0.05, 0.1) is 24.5 Å². The molecule has 3 aliphatic heterocycles. The fourth-order valence-corrected chi connectivity index (χ4v) is 6.03. The Bertz CT molecular complexity index is 1140. The molecule has 10 heteroatoms. The third-order valence-corrected chi connectivity index (χ3v) is 8.54. The molecule has 3 aliphatic rings. The van der Waals surface area contributed by atoms with Gasteiger partial charge in [-0.1, -0.05) is 12.1 Å². The minimum Gasteiger partial charge on any atom is -0.381 e. The number of alkyl halides is 3. The molecule has 2 aromatic carbocycles. The number of ether oxygens (including phenoxy) is 2. The van der Waals surface area contributed by atoms with Gasteiger partial charge in [-0.15, -0.1) is 0 Å². The molecule has 0 spiro atoms. The first-order valence-corrected chi connectivity index (χ1v) is 14.6. The number of halogens is 4. The van der Waals surface area contributed by atoms with E-state index in [4.69, 9.17) is 9.47 Å². The lowest BCUT2D eigenvalue weighted by atomic mass is 9.93. The smallest absolute Gasteiger partial charge is 0.381 e. The number of likely N-dealkylation sites (tertiary alicyclic amines) is 1. The van der Waals surface area contributed by atoms with Crippen molar-refractivity contribution in [2.75, 3.05) is 69.0 Å². The van der Waals surface area contributed by atoms with E-state index < -0.39 is 11.7 Å². The predicted molar refractivity (Wildman–Crippen MR) is 149 cm³/mol. The summed E-state index contributed by atoms with van der Waals surface area (Å²) in [7, 11) is 0. The number of piperidine rings is 1. The topological polar surface area (TPSA) is 45.2 Å².